The first-order chi connectivity index (χ1) is 6.22. The summed E-state index contributed by atoms with van der Waals surface area (Å²) in [4.78, 5) is 13.9. The lowest BCUT2D eigenvalue weighted by Gasteiger charge is -2.31. The summed E-state index contributed by atoms with van der Waals surface area (Å²) in [5.74, 6) is -0.932. The number of carboxylic acid groups (broad SMARTS) is 1. The molecule has 0 amide bonds. The summed E-state index contributed by atoms with van der Waals surface area (Å²) >= 11 is 0. The van der Waals surface area contributed by atoms with E-state index in [1.54, 1.807) is 0 Å². The fourth-order valence-electron chi connectivity index (χ4n) is 1.79. The van der Waals surface area contributed by atoms with E-state index in [-0.39, 0.29) is 6.54 Å². The first-order valence-corrected chi connectivity index (χ1v) is 4.98. The summed E-state index contributed by atoms with van der Waals surface area (Å²) in [6.07, 6.45) is 1.18. The lowest BCUT2D eigenvalue weighted by molar-refractivity contribution is -0.898. The zero-order valence-corrected chi connectivity index (χ0v) is 8.21. The van der Waals surface area contributed by atoms with Gasteiger partial charge in [0.2, 0.25) is 0 Å². The smallest absolute Gasteiger partial charge is 0.117 e. The largest absolute Gasteiger partial charge is 0.544 e. The molecular formula is C9H18N2O2. The second-order valence-corrected chi connectivity index (χ2v) is 3.64. The second kappa shape index (κ2) is 5.19. The van der Waals surface area contributed by atoms with Gasteiger partial charge in [-0.15, -0.1) is 0 Å². The van der Waals surface area contributed by atoms with Crippen molar-refractivity contribution < 1.29 is 14.8 Å². The topological polar surface area (TPSA) is 47.8 Å². The van der Waals surface area contributed by atoms with Crippen LogP contribution in [-0.4, -0.2) is 50.1 Å². The van der Waals surface area contributed by atoms with Gasteiger partial charge in [-0.2, -0.15) is 0 Å². The van der Waals surface area contributed by atoms with E-state index in [0.29, 0.717) is 0 Å². The minimum Gasteiger partial charge on any atom is -0.544 e. The molecule has 1 heterocycles. The standard InChI is InChI=1S/C9H18N2O2/c1-2-3-10-4-6-11(7-5-10)8-9(12)13/h2-8H2,1H3,(H,12,13). The van der Waals surface area contributed by atoms with Crippen LogP contribution in [0.25, 0.3) is 0 Å². The predicted molar refractivity (Wildman–Crippen MR) is 47.3 cm³/mol. The fourth-order valence-corrected chi connectivity index (χ4v) is 1.79. The van der Waals surface area contributed by atoms with Crippen LogP contribution in [0.2, 0.25) is 0 Å². The highest BCUT2D eigenvalue weighted by molar-refractivity contribution is 5.65. The van der Waals surface area contributed by atoms with Crippen LogP contribution < -0.4 is 10.0 Å². The van der Waals surface area contributed by atoms with Gasteiger partial charge in [0.05, 0.1) is 19.1 Å². The Morgan fingerprint density at radius 3 is 2.54 bits per heavy atom. The van der Waals surface area contributed by atoms with E-state index in [1.165, 1.54) is 6.42 Å². The normalized spacial score (nSPS) is 20.4. The summed E-state index contributed by atoms with van der Waals surface area (Å²) in [6, 6.07) is 0. The zero-order valence-electron chi connectivity index (χ0n) is 8.21. The Hall–Kier alpha value is -0.610. The average Bonchev–Trinajstić information content (AvgIpc) is 2.08. The number of carboxylic acids is 1. The van der Waals surface area contributed by atoms with Crippen molar-refractivity contribution in [1.29, 1.82) is 0 Å². The molecule has 1 saturated heterocycles. The van der Waals surface area contributed by atoms with Crippen molar-refractivity contribution in [1.82, 2.24) is 4.90 Å². The Labute approximate surface area is 79.1 Å². The van der Waals surface area contributed by atoms with E-state index >= 15 is 0 Å². The van der Waals surface area contributed by atoms with Crippen molar-refractivity contribution in [2.24, 2.45) is 0 Å². The Bertz CT molecular complexity index is 165. The molecule has 1 aliphatic heterocycles. The first-order valence-electron chi connectivity index (χ1n) is 4.98. The van der Waals surface area contributed by atoms with E-state index in [9.17, 15) is 9.90 Å². The molecule has 1 fully saturated rings. The number of aliphatic carboxylic acids is 1. The molecule has 0 radical (unpaired) electrons. The highest BCUT2D eigenvalue weighted by Crippen LogP contribution is 1.90. The van der Waals surface area contributed by atoms with Crippen molar-refractivity contribution in [3.63, 3.8) is 0 Å². The average molecular weight is 186 g/mol. The molecular weight excluding hydrogens is 168 g/mol. The molecule has 1 N–H and O–H groups in total. The van der Waals surface area contributed by atoms with E-state index in [4.69, 9.17) is 0 Å². The maximum Gasteiger partial charge on any atom is 0.117 e. The molecule has 0 aromatic heterocycles. The molecule has 0 atom stereocenters. The molecule has 76 valence electrons. The summed E-state index contributed by atoms with van der Waals surface area (Å²) in [6.45, 7) is 7.40. The molecule has 0 aromatic rings. The maximum atomic E-state index is 10.3. The van der Waals surface area contributed by atoms with Crippen molar-refractivity contribution >= 4 is 5.97 Å². The van der Waals surface area contributed by atoms with Crippen LogP contribution in [0.1, 0.15) is 13.3 Å². The van der Waals surface area contributed by atoms with Crippen LogP contribution in [0, 0.1) is 0 Å². The first kappa shape index (κ1) is 10.5. The lowest BCUT2D eigenvalue weighted by atomic mass is 10.3. The highest BCUT2D eigenvalue weighted by atomic mass is 16.4. The molecule has 0 saturated carbocycles. The van der Waals surface area contributed by atoms with E-state index in [2.05, 4.69) is 11.8 Å². The van der Waals surface area contributed by atoms with Gasteiger partial charge in [0.1, 0.15) is 6.54 Å². The van der Waals surface area contributed by atoms with Gasteiger partial charge in [0, 0.05) is 13.1 Å². The fraction of sp³-hybridized carbons (Fsp3) is 0.889. The molecule has 0 spiro atoms. The summed E-state index contributed by atoms with van der Waals surface area (Å²) in [5, 5.41) is 10.3. The minimum absolute atomic E-state index is 0.167. The van der Waals surface area contributed by atoms with Crippen LogP contribution in [-0.2, 0) is 4.79 Å². The molecule has 4 heteroatoms. The lowest BCUT2D eigenvalue weighted by Crippen LogP contribution is -3.16. The van der Waals surface area contributed by atoms with Crippen LogP contribution in [0.15, 0.2) is 0 Å². The summed E-state index contributed by atoms with van der Waals surface area (Å²) in [7, 11) is 0. The Kier molecular flexibility index (Phi) is 4.18. The highest BCUT2D eigenvalue weighted by Gasteiger charge is 2.18. The van der Waals surface area contributed by atoms with Gasteiger partial charge >= 0.3 is 0 Å². The SMILES string of the molecule is CCCN1CC[NH+](CC(=O)[O-])CC1. The van der Waals surface area contributed by atoms with Crippen LogP contribution in [0.3, 0.4) is 0 Å². The van der Waals surface area contributed by atoms with Gasteiger partial charge in [-0.05, 0) is 13.0 Å². The third kappa shape index (κ3) is 3.74. The Morgan fingerprint density at radius 1 is 1.46 bits per heavy atom. The minimum atomic E-state index is -0.932. The molecule has 1 rings (SSSR count). The van der Waals surface area contributed by atoms with E-state index in [1.807, 2.05) is 0 Å². The van der Waals surface area contributed by atoms with Gasteiger partial charge in [-0.25, -0.2) is 0 Å². The van der Waals surface area contributed by atoms with Crippen molar-refractivity contribution in [3.05, 3.63) is 0 Å². The third-order valence-electron chi connectivity index (χ3n) is 2.50. The number of quaternary nitrogens is 1. The summed E-state index contributed by atoms with van der Waals surface area (Å²) in [5.41, 5.74) is 0. The zero-order chi connectivity index (χ0) is 9.68. The number of piperazine rings is 1. The molecule has 0 aliphatic carbocycles. The molecule has 1 aliphatic rings. The van der Waals surface area contributed by atoms with Gasteiger partial charge < -0.3 is 14.8 Å². The van der Waals surface area contributed by atoms with Crippen molar-refractivity contribution in [2.75, 3.05) is 39.3 Å². The van der Waals surface area contributed by atoms with Gasteiger partial charge in [0.25, 0.3) is 0 Å². The molecule has 4 nitrogen and oxygen atoms in total. The number of rotatable bonds is 4. The number of nitrogens with one attached hydrogen (secondary N) is 1. The number of carbonyl (C=O) groups excluding carboxylic acids is 1. The predicted octanol–water partition coefficient (Wildman–Crippen LogP) is -2.65. The number of hydrogen-bond acceptors (Lipinski definition) is 3. The van der Waals surface area contributed by atoms with Gasteiger partial charge in [-0.3, -0.25) is 4.90 Å². The van der Waals surface area contributed by atoms with Crippen LogP contribution in [0.4, 0.5) is 0 Å². The second-order valence-electron chi connectivity index (χ2n) is 3.64. The number of carbonyl (C=O) groups is 1. The quantitative estimate of drug-likeness (QED) is 0.521. The number of hydrogen-bond donors (Lipinski definition) is 1. The molecule has 0 bridgehead atoms. The Balaban J connectivity index is 2.18. The molecule has 0 unspecified atom stereocenters. The monoisotopic (exact) mass is 186 g/mol. The van der Waals surface area contributed by atoms with Crippen LogP contribution >= 0.6 is 0 Å². The summed E-state index contributed by atoms with van der Waals surface area (Å²) < 4.78 is 0. The Morgan fingerprint density at radius 2 is 2.08 bits per heavy atom. The van der Waals surface area contributed by atoms with Gasteiger partial charge in [0.15, 0.2) is 0 Å². The van der Waals surface area contributed by atoms with Gasteiger partial charge in [-0.1, -0.05) is 6.92 Å². The van der Waals surface area contributed by atoms with E-state index in [0.717, 1.165) is 37.6 Å². The van der Waals surface area contributed by atoms with Crippen LogP contribution in [0.5, 0.6) is 0 Å². The molecule has 0 aromatic carbocycles. The van der Waals surface area contributed by atoms with Crippen molar-refractivity contribution in [2.45, 2.75) is 13.3 Å². The molecule has 13 heavy (non-hydrogen) atoms. The van der Waals surface area contributed by atoms with E-state index < -0.39 is 5.97 Å². The maximum absolute atomic E-state index is 10.3. The number of nitrogens with zero attached hydrogens (tertiary/aromatic N) is 1. The van der Waals surface area contributed by atoms with Crippen molar-refractivity contribution in [3.8, 4) is 0 Å². The third-order valence-corrected chi connectivity index (χ3v) is 2.50.